The van der Waals surface area contributed by atoms with Gasteiger partial charge in [-0.3, -0.25) is 24.6 Å². The van der Waals surface area contributed by atoms with Crippen molar-refractivity contribution in [3.63, 3.8) is 0 Å². The molecule has 26 heavy (non-hydrogen) atoms. The molecule has 3 rings (SSSR count). The van der Waals surface area contributed by atoms with Crippen molar-refractivity contribution < 1.29 is 14.5 Å². The van der Waals surface area contributed by atoms with Crippen molar-refractivity contribution in [3.8, 4) is 0 Å². The van der Waals surface area contributed by atoms with Crippen molar-refractivity contribution >= 4 is 57.9 Å². The van der Waals surface area contributed by atoms with Gasteiger partial charge in [-0.05, 0) is 41.1 Å². The van der Waals surface area contributed by atoms with Crippen LogP contribution in [0.15, 0.2) is 47.4 Å². The largest absolute Gasteiger partial charge is 0.293 e. The lowest BCUT2D eigenvalue weighted by Crippen LogP contribution is -2.27. The fraction of sp³-hybridized carbons (Fsp3) is 0.0588. The zero-order valence-corrected chi connectivity index (χ0v) is 15.3. The number of hydrogen-bond acceptors (Lipinski definition) is 5. The summed E-state index contributed by atoms with van der Waals surface area (Å²) < 4.78 is 0. The van der Waals surface area contributed by atoms with Crippen LogP contribution in [-0.2, 0) is 11.3 Å². The molecular weight excluding hydrogens is 399 g/mol. The Morgan fingerprint density at radius 3 is 2.58 bits per heavy atom. The molecule has 0 saturated carbocycles. The van der Waals surface area contributed by atoms with E-state index in [0.29, 0.717) is 21.2 Å². The van der Waals surface area contributed by atoms with Gasteiger partial charge in [0, 0.05) is 12.1 Å². The number of amides is 2. The predicted octanol–water partition coefficient (Wildman–Crippen LogP) is 5.14. The number of benzene rings is 2. The first kappa shape index (κ1) is 18.4. The van der Waals surface area contributed by atoms with Crippen LogP contribution in [0.5, 0.6) is 0 Å². The van der Waals surface area contributed by atoms with E-state index in [2.05, 4.69) is 0 Å². The van der Waals surface area contributed by atoms with Gasteiger partial charge in [0.25, 0.3) is 16.8 Å². The van der Waals surface area contributed by atoms with Gasteiger partial charge < -0.3 is 0 Å². The van der Waals surface area contributed by atoms with E-state index in [0.717, 1.165) is 16.7 Å². The van der Waals surface area contributed by atoms with Gasteiger partial charge in [-0.2, -0.15) is 0 Å². The average molecular weight is 409 g/mol. The second kappa shape index (κ2) is 7.49. The lowest BCUT2D eigenvalue weighted by Gasteiger charge is -2.12. The molecule has 1 saturated heterocycles. The van der Waals surface area contributed by atoms with Crippen molar-refractivity contribution in [1.29, 1.82) is 0 Å². The summed E-state index contributed by atoms with van der Waals surface area (Å²) >= 11 is 12.6. The molecule has 2 aromatic carbocycles. The Hall–Kier alpha value is -2.35. The number of nitrogens with zero attached hydrogens (tertiary/aromatic N) is 2. The molecule has 0 atom stereocenters. The van der Waals surface area contributed by atoms with Gasteiger partial charge in [-0.15, -0.1) is 0 Å². The van der Waals surface area contributed by atoms with Crippen LogP contribution in [0.3, 0.4) is 0 Å². The zero-order valence-electron chi connectivity index (χ0n) is 13.0. The minimum Gasteiger partial charge on any atom is -0.268 e. The van der Waals surface area contributed by atoms with E-state index in [-0.39, 0.29) is 17.1 Å². The monoisotopic (exact) mass is 408 g/mol. The first-order valence-electron chi connectivity index (χ1n) is 7.29. The fourth-order valence-electron chi connectivity index (χ4n) is 2.34. The number of imide groups is 1. The minimum absolute atomic E-state index is 0.0633. The standard InChI is InChI=1S/C17H10Cl2N2O4S/c18-13-5-4-11(7-14(13)19)9-20-16(22)15(26-17(20)23)8-10-2-1-3-12(6-10)21(24)25/h1-8H,9H2. The van der Waals surface area contributed by atoms with E-state index in [1.165, 1.54) is 24.3 Å². The molecule has 0 unspecified atom stereocenters. The lowest BCUT2D eigenvalue weighted by molar-refractivity contribution is -0.384. The summed E-state index contributed by atoms with van der Waals surface area (Å²) in [5.74, 6) is -0.461. The van der Waals surface area contributed by atoms with Gasteiger partial charge in [0.15, 0.2) is 0 Å². The molecule has 1 heterocycles. The molecule has 9 heteroatoms. The zero-order chi connectivity index (χ0) is 18.8. The molecule has 0 aliphatic carbocycles. The number of carbonyl (C=O) groups excluding carboxylic acids is 2. The van der Waals surface area contributed by atoms with Crippen LogP contribution in [0.2, 0.25) is 10.0 Å². The Bertz CT molecular complexity index is 962. The summed E-state index contributed by atoms with van der Waals surface area (Å²) in [4.78, 5) is 36.3. The van der Waals surface area contributed by atoms with Crippen LogP contribution in [0.1, 0.15) is 11.1 Å². The van der Waals surface area contributed by atoms with Gasteiger partial charge in [0.1, 0.15) is 0 Å². The topological polar surface area (TPSA) is 80.5 Å². The van der Waals surface area contributed by atoms with E-state index >= 15 is 0 Å². The normalized spacial score (nSPS) is 15.8. The predicted molar refractivity (Wildman–Crippen MR) is 101 cm³/mol. The van der Waals surface area contributed by atoms with Crippen LogP contribution in [0.25, 0.3) is 6.08 Å². The first-order chi connectivity index (χ1) is 12.3. The van der Waals surface area contributed by atoms with Crippen molar-refractivity contribution in [2.75, 3.05) is 0 Å². The third-order valence-corrected chi connectivity index (χ3v) is 5.22. The Morgan fingerprint density at radius 1 is 1.12 bits per heavy atom. The van der Waals surface area contributed by atoms with Crippen LogP contribution < -0.4 is 0 Å². The second-order valence-electron chi connectivity index (χ2n) is 5.37. The number of halogens is 2. The molecule has 1 aliphatic heterocycles. The van der Waals surface area contributed by atoms with Crippen LogP contribution >= 0.6 is 35.0 Å². The van der Waals surface area contributed by atoms with Crippen molar-refractivity contribution in [2.24, 2.45) is 0 Å². The summed E-state index contributed by atoms with van der Waals surface area (Å²) in [6.45, 7) is 0.0633. The third kappa shape index (κ3) is 3.90. The molecule has 2 aromatic rings. The summed E-state index contributed by atoms with van der Waals surface area (Å²) in [6.07, 6.45) is 1.47. The molecule has 1 aliphatic rings. The molecule has 0 spiro atoms. The Balaban J connectivity index is 1.83. The molecule has 0 radical (unpaired) electrons. The SMILES string of the molecule is O=C1SC(=Cc2cccc([N+](=O)[O-])c2)C(=O)N1Cc1ccc(Cl)c(Cl)c1. The van der Waals surface area contributed by atoms with Crippen molar-refractivity contribution in [1.82, 2.24) is 4.90 Å². The van der Waals surface area contributed by atoms with Gasteiger partial charge in [0.05, 0.1) is 26.4 Å². The van der Waals surface area contributed by atoms with Gasteiger partial charge in [-0.25, -0.2) is 0 Å². The van der Waals surface area contributed by atoms with E-state index in [1.54, 1.807) is 24.3 Å². The summed E-state index contributed by atoms with van der Waals surface area (Å²) in [5, 5.41) is 11.1. The Labute approximate surface area is 162 Å². The number of nitro groups is 1. The molecule has 132 valence electrons. The maximum atomic E-state index is 12.5. The van der Waals surface area contributed by atoms with E-state index in [1.807, 2.05) is 0 Å². The third-order valence-electron chi connectivity index (χ3n) is 3.58. The highest BCUT2D eigenvalue weighted by atomic mass is 35.5. The van der Waals surface area contributed by atoms with Crippen LogP contribution in [0.4, 0.5) is 10.5 Å². The summed E-state index contributed by atoms with van der Waals surface area (Å²) in [5.41, 5.74) is 1.05. The number of nitro benzene ring substituents is 1. The van der Waals surface area contributed by atoms with Crippen molar-refractivity contribution in [2.45, 2.75) is 6.54 Å². The van der Waals surface area contributed by atoms with Gasteiger partial charge >= 0.3 is 0 Å². The Morgan fingerprint density at radius 2 is 1.88 bits per heavy atom. The molecule has 0 aromatic heterocycles. The van der Waals surface area contributed by atoms with Gasteiger partial charge in [0.2, 0.25) is 0 Å². The van der Waals surface area contributed by atoms with Crippen LogP contribution in [0, 0.1) is 10.1 Å². The quantitative estimate of drug-likeness (QED) is 0.397. The number of non-ortho nitro benzene ring substituents is 1. The maximum Gasteiger partial charge on any atom is 0.293 e. The molecule has 0 bridgehead atoms. The van der Waals surface area contributed by atoms with E-state index < -0.39 is 16.1 Å². The second-order valence-corrected chi connectivity index (χ2v) is 7.18. The fourth-order valence-corrected chi connectivity index (χ4v) is 3.50. The molecule has 6 nitrogen and oxygen atoms in total. The Kier molecular flexibility index (Phi) is 5.31. The van der Waals surface area contributed by atoms with E-state index in [4.69, 9.17) is 23.2 Å². The smallest absolute Gasteiger partial charge is 0.268 e. The molecule has 1 fully saturated rings. The summed E-state index contributed by atoms with van der Waals surface area (Å²) in [6, 6.07) is 10.7. The number of thioether (sulfide) groups is 1. The van der Waals surface area contributed by atoms with Crippen LogP contribution in [-0.4, -0.2) is 21.0 Å². The highest BCUT2D eigenvalue weighted by Gasteiger charge is 2.35. The molecular formula is C17H10Cl2N2O4S. The lowest BCUT2D eigenvalue weighted by atomic mass is 10.2. The average Bonchev–Trinajstić information content (AvgIpc) is 2.86. The molecule has 0 N–H and O–H groups in total. The van der Waals surface area contributed by atoms with Crippen molar-refractivity contribution in [3.05, 3.63) is 78.7 Å². The first-order valence-corrected chi connectivity index (χ1v) is 8.86. The van der Waals surface area contributed by atoms with E-state index in [9.17, 15) is 19.7 Å². The highest BCUT2D eigenvalue weighted by Crippen LogP contribution is 2.34. The van der Waals surface area contributed by atoms with Gasteiger partial charge in [-0.1, -0.05) is 41.4 Å². The number of carbonyl (C=O) groups is 2. The minimum atomic E-state index is -0.520. The highest BCUT2D eigenvalue weighted by molar-refractivity contribution is 8.18. The maximum absolute atomic E-state index is 12.5. The number of hydrogen-bond donors (Lipinski definition) is 0. The summed E-state index contributed by atoms with van der Waals surface area (Å²) in [7, 11) is 0. The molecule has 2 amide bonds. The number of rotatable bonds is 4.